The van der Waals surface area contributed by atoms with E-state index in [9.17, 15) is 4.79 Å². The van der Waals surface area contributed by atoms with Crippen molar-refractivity contribution in [2.45, 2.75) is 0 Å². The largest absolute Gasteiger partial charge is 0.329 e. The molecule has 0 aliphatic carbocycles. The van der Waals surface area contributed by atoms with E-state index in [1.165, 1.54) is 12.4 Å². The zero-order valence-electron chi connectivity index (χ0n) is 5.95. The summed E-state index contributed by atoms with van der Waals surface area (Å²) in [6, 6.07) is 3.39. The molecule has 0 unspecified atom stereocenters. The number of aromatic nitrogens is 1. The molecule has 1 aromatic heterocycles. The lowest BCUT2D eigenvalue weighted by molar-refractivity contribution is 0.0970. The molecule has 56 valence electrons. The van der Waals surface area contributed by atoms with Crippen LogP contribution in [-0.2, 0) is 0 Å². The summed E-state index contributed by atoms with van der Waals surface area (Å²) in [5.74, 6) is -0.187. The van der Waals surface area contributed by atoms with Gasteiger partial charge in [-0.3, -0.25) is 9.78 Å². The Morgan fingerprint density at radius 1 is 1.73 bits per heavy atom. The summed E-state index contributed by atoms with van der Waals surface area (Å²) in [5.41, 5.74) is 0.535. The topological polar surface area (TPSA) is 42.0 Å². The molecule has 0 radical (unpaired) electrons. The van der Waals surface area contributed by atoms with Crippen molar-refractivity contribution in [1.82, 2.24) is 10.3 Å². The van der Waals surface area contributed by atoms with Crippen molar-refractivity contribution in [3.63, 3.8) is 0 Å². The molecule has 1 aromatic rings. The monoisotopic (exact) mass is 148 g/mol. The first-order valence-corrected chi connectivity index (χ1v) is 3.16. The molecule has 0 atom stereocenters. The van der Waals surface area contributed by atoms with Gasteiger partial charge in [0.15, 0.2) is 0 Å². The zero-order valence-corrected chi connectivity index (χ0v) is 5.95. The number of pyridine rings is 1. The molecule has 3 nitrogen and oxygen atoms in total. The molecule has 3 heteroatoms. The number of amides is 1. The summed E-state index contributed by atoms with van der Waals surface area (Å²) in [4.78, 5) is 14.8. The van der Waals surface area contributed by atoms with Gasteiger partial charge in [0.1, 0.15) is 0 Å². The maximum Gasteiger partial charge on any atom is 0.256 e. The molecular formula is C8H8N2O. The lowest BCUT2D eigenvalue weighted by Gasteiger charge is -1.96. The Labute approximate surface area is 64.8 Å². The summed E-state index contributed by atoms with van der Waals surface area (Å²) in [5, 5.41) is 2.45. The second-order valence-corrected chi connectivity index (χ2v) is 1.92. The third-order valence-electron chi connectivity index (χ3n) is 1.16. The Kier molecular flexibility index (Phi) is 2.38. The van der Waals surface area contributed by atoms with E-state index >= 15 is 0 Å². The van der Waals surface area contributed by atoms with E-state index in [2.05, 4.69) is 16.9 Å². The first-order valence-electron chi connectivity index (χ1n) is 3.16. The second kappa shape index (κ2) is 3.51. The van der Waals surface area contributed by atoms with Gasteiger partial charge in [0.05, 0.1) is 5.56 Å². The van der Waals surface area contributed by atoms with E-state index in [0.717, 1.165) is 0 Å². The Morgan fingerprint density at radius 3 is 3.09 bits per heavy atom. The third kappa shape index (κ3) is 1.89. The summed E-state index contributed by atoms with van der Waals surface area (Å²) >= 11 is 0. The van der Waals surface area contributed by atoms with Crippen LogP contribution in [0.2, 0.25) is 0 Å². The fraction of sp³-hybridized carbons (Fsp3) is 0. The lowest BCUT2D eigenvalue weighted by Crippen LogP contribution is -2.16. The zero-order chi connectivity index (χ0) is 8.10. The van der Waals surface area contributed by atoms with Gasteiger partial charge in [0.2, 0.25) is 0 Å². The van der Waals surface area contributed by atoms with Crippen molar-refractivity contribution in [2.75, 3.05) is 0 Å². The van der Waals surface area contributed by atoms with Crippen molar-refractivity contribution in [2.24, 2.45) is 0 Å². The van der Waals surface area contributed by atoms with Crippen molar-refractivity contribution in [3.8, 4) is 0 Å². The van der Waals surface area contributed by atoms with Gasteiger partial charge in [0.25, 0.3) is 5.91 Å². The minimum atomic E-state index is -0.187. The van der Waals surface area contributed by atoms with Crippen LogP contribution in [0.15, 0.2) is 37.3 Å². The third-order valence-corrected chi connectivity index (χ3v) is 1.16. The van der Waals surface area contributed by atoms with E-state index in [-0.39, 0.29) is 5.91 Å². The summed E-state index contributed by atoms with van der Waals surface area (Å²) in [6.45, 7) is 3.37. The lowest BCUT2D eigenvalue weighted by atomic mass is 10.3. The van der Waals surface area contributed by atoms with Gasteiger partial charge >= 0.3 is 0 Å². The van der Waals surface area contributed by atoms with E-state index in [4.69, 9.17) is 0 Å². The molecule has 0 aliphatic heterocycles. The van der Waals surface area contributed by atoms with Crippen molar-refractivity contribution < 1.29 is 4.79 Å². The molecular weight excluding hydrogens is 140 g/mol. The van der Waals surface area contributed by atoms with Crippen molar-refractivity contribution in [1.29, 1.82) is 0 Å². The van der Waals surface area contributed by atoms with Crippen LogP contribution in [0.5, 0.6) is 0 Å². The highest BCUT2D eigenvalue weighted by Crippen LogP contribution is 1.93. The summed E-state index contributed by atoms with van der Waals surface area (Å²) in [6.07, 6.45) is 4.46. The highest BCUT2D eigenvalue weighted by Gasteiger charge is 1.99. The maximum atomic E-state index is 11.0. The maximum absolute atomic E-state index is 11.0. The summed E-state index contributed by atoms with van der Waals surface area (Å²) in [7, 11) is 0. The average molecular weight is 148 g/mol. The van der Waals surface area contributed by atoms with E-state index < -0.39 is 0 Å². The number of rotatable bonds is 2. The number of nitrogens with one attached hydrogen (secondary N) is 1. The molecule has 11 heavy (non-hydrogen) atoms. The van der Waals surface area contributed by atoms with Crippen LogP contribution in [0.1, 0.15) is 10.4 Å². The van der Waals surface area contributed by atoms with E-state index in [0.29, 0.717) is 5.56 Å². The number of nitrogens with zero attached hydrogens (tertiary/aromatic N) is 1. The first kappa shape index (κ1) is 7.47. The van der Waals surface area contributed by atoms with Gasteiger partial charge in [0, 0.05) is 12.4 Å². The minimum Gasteiger partial charge on any atom is -0.329 e. The molecule has 1 rings (SSSR count). The Bertz CT molecular complexity index is 256. The summed E-state index contributed by atoms with van der Waals surface area (Å²) < 4.78 is 0. The van der Waals surface area contributed by atoms with Crippen LogP contribution in [0.3, 0.4) is 0 Å². The Balaban J connectivity index is 2.77. The molecule has 0 saturated heterocycles. The van der Waals surface area contributed by atoms with Gasteiger partial charge in [-0.05, 0) is 18.3 Å². The number of carbonyl (C=O) groups excluding carboxylic acids is 1. The van der Waals surface area contributed by atoms with Gasteiger partial charge in [-0.15, -0.1) is 0 Å². The van der Waals surface area contributed by atoms with Gasteiger partial charge < -0.3 is 5.32 Å². The van der Waals surface area contributed by atoms with E-state index in [1.807, 2.05) is 0 Å². The van der Waals surface area contributed by atoms with Crippen LogP contribution in [0.25, 0.3) is 0 Å². The Hall–Kier alpha value is -1.64. The quantitative estimate of drug-likeness (QED) is 0.678. The average Bonchev–Trinajstić information content (AvgIpc) is 2.07. The number of hydrogen-bond donors (Lipinski definition) is 1. The van der Waals surface area contributed by atoms with E-state index in [1.54, 1.807) is 18.3 Å². The van der Waals surface area contributed by atoms with Crippen LogP contribution in [-0.4, -0.2) is 10.9 Å². The fourth-order valence-corrected chi connectivity index (χ4v) is 0.673. The van der Waals surface area contributed by atoms with Crippen LogP contribution >= 0.6 is 0 Å². The smallest absolute Gasteiger partial charge is 0.256 e. The predicted octanol–water partition coefficient (Wildman–Crippen LogP) is 0.955. The molecule has 1 N–H and O–H groups in total. The molecule has 0 fully saturated rings. The molecule has 0 saturated carbocycles. The van der Waals surface area contributed by atoms with Crippen LogP contribution in [0, 0.1) is 0 Å². The van der Waals surface area contributed by atoms with Gasteiger partial charge in [-0.2, -0.15) is 0 Å². The standard InChI is InChI=1S/C8H8N2O/c1-2-10-8(11)7-4-3-5-9-6-7/h2-6H,1H2,(H,10,11). The molecule has 0 aliphatic rings. The highest BCUT2D eigenvalue weighted by molar-refractivity contribution is 5.94. The molecule has 0 aromatic carbocycles. The second-order valence-electron chi connectivity index (χ2n) is 1.92. The van der Waals surface area contributed by atoms with Crippen molar-refractivity contribution in [3.05, 3.63) is 42.9 Å². The Morgan fingerprint density at radius 2 is 2.55 bits per heavy atom. The van der Waals surface area contributed by atoms with Gasteiger partial charge in [-0.1, -0.05) is 6.58 Å². The number of hydrogen-bond acceptors (Lipinski definition) is 2. The molecule has 1 heterocycles. The first-order chi connectivity index (χ1) is 5.34. The SMILES string of the molecule is C=CNC(=O)c1cccnc1. The molecule has 0 bridgehead atoms. The molecule has 0 spiro atoms. The van der Waals surface area contributed by atoms with Gasteiger partial charge in [-0.25, -0.2) is 0 Å². The highest BCUT2D eigenvalue weighted by atomic mass is 16.1. The van der Waals surface area contributed by atoms with Crippen LogP contribution < -0.4 is 5.32 Å². The minimum absolute atomic E-state index is 0.187. The number of carbonyl (C=O) groups is 1. The fourth-order valence-electron chi connectivity index (χ4n) is 0.673. The molecule has 1 amide bonds. The van der Waals surface area contributed by atoms with Crippen LogP contribution in [0.4, 0.5) is 0 Å². The predicted molar refractivity (Wildman–Crippen MR) is 41.9 cm³/mol. The normalized spacial score (nSPS) is 8.73. The van der Waals surface area contributed by atoms with Crippen molar-refractivity contribution >= 4 is 5.91 Å².